The zero-order valence-electron chi connectivity index (χ0n) is 43.8. The number of carbonyl (C=O) groups is 3. The molecule has 0 bridgehead atoms. The van der Waals surface area contributed by atoms with Crippen molar-refractivity contribution < 1.29 is 52.2 Å². The number of hydrogen-bond donors (Lipinski definition) is 2. The highest BCUT2D eigenvalue weighted by Crippen LogP contribution is 2.43. The molecule has 0 fully saturated rings. The lowest BCUT2D eigenvalue weighted by Crippen LogP contribution is -2.30. The van der Waals surface area contributed by atoms with Crippen LogP contribution < -0.4 is 0 Å². The molecule has 0 radical (unpaired) electrons. The standard InChI is InChI=1S/C56H103O11P/c1-4-7-10-13-16-19-22-24-25-26-27-29-32-35-38-41-44-47-56(60)67-53(49-63-54(58)45-42-39-36-33-30-21-18-15-12-9-6-3)51-65-68(61,62)64-50-52(48-57)66-55(59)46-43-40-37-34-31-28-23-20-17-14-11-8-5-2/h11,14-15,18,20,23,52-53,57H,4-10,12-13,16-17,19,21-22,24-51H2,1-3H3,(H,61,62)/b14-11-,18-15-,23-20-. The summed E-state index contributed by atoms with van der Waals surface area (Å²) in [5.74, 6) is -1.47. The molecule has 0 aliphatic carbocycles. The summed E-state index contributed by atoms with van der Waals surface area (Å²) < 4.78 is 39.4. The van der Waals surface area contributed by atoms with Crippen molar-refractivity contribution in [3.63, 3.8) is 0 Å². The van der Waals surface area contributed by atoms with Gasteiger partial charge in [0.05, 0.1) is 19.8 Å². The Labute approximate surface area is 416 Å². The molecule has 0 heterocycles. The molecule has 0 aliphatic heterocycles. The molecule has 3 atom stereocenters. The summed E-state index contributed by atoms with van der Waals surface area (Å²) in [5.41, 5.74) is 0. The largest absolute Gasteiger partial charge is 0.472 e. The number of esters is 3. The predicted octanol–water partition coefficient (Wildman–Crippen LogP) is 16.0. The Bertz CT molecular complexity index is 1280. The normalized spacial score (nSPS) is 13.7. The molecule has 0 rings (SSSR count). The maximum absolute atomic E-state index is 12.9. The van der Waals surface area contributed by atoms with Crippen molar-refractivity contribution in [2.24, 2.45) is 0 Å². The topological polar surface area (TPSA) is 155 Å². The number of phosphoric acid groups is 1. The van der Waals surface area contributed by atoms with Crippen LogP contribution in [0.15, 0.2) is 36.5 Å². The van der Waals surface area contributed by atoms with Crippen LogP contribution >= 0.6 is 7.82 Å². The Morgan fingerprint density at radius 3 is 1.21 bits per heavy atom. The van der Waals surface area contributed by atoms with E-state index in [0.717, 1.165) is 103 Å². The molecule has 0 amide bonds. The second-order valence-electron chi connectivity index (χ2n) is 18.7. The molecule has 398 valence electrons. The Hall–Kier alpha value is -2.30. The first-order valence-electron chi connectivity index (χ1n) is 27.9. The summed E-state index contributed by atoms with van der Waals surface area (Å²) in [4.78, 5) is 48.4. The average Bonchev–Trinajstić information content (AvgIpc) is 3.32. The minimum absolute atomic E-state index is 0.163. The second kappa shape index (κ2) is 51.1. The summed E-state index contributed by atoms with van der Waals surface area (Å²) in [5, 5.41) is 9.78. The molecule has 0 saturated carbocycles. The van der Waals surface area contributed by atoms with Gasteiger partial charge in [-0.15, -0.1) is 0 Å². The van der Waals surface area contributed by atoms with E-state index in [1.165, 1.54) is 103 Å². The molecule has 12 heteroatoms. The van der Waals surface area contributed by atoms with Crippen LogP contribution in [0.5, 0.6) is 0 Å². The number of unbranched alkanes of at least 4 members (excludes halogenated alkanes) is 29. The lowest BCUT2D eigenvalue weighted by molar-refractivity contribution is -0.161. The third-order valence-corrected chi connectivity index (χ3v) is 13.0. The first-order chi connectivity index (χ1) is 33.2. The van der Waals surface area contributed by atoms with Gasteiger partial charge in [0.2, 0.25) is 0 Å². The fourth-order valence-corrected chi connectivity index (χ4v) is 8.51. The smallest absolute Gasteiger partial charge is 0.462 e. The zero-order valence-corrected chi connectivity index (χ0v) is 44.7. The van der Waals surface area contributed by atoms with Crippen molar-refractivity contribution in [2.75, 3.05) is 26.4 Å². The molecular weight excluding hydrogens is 880 g/mol. The lowest BCUT2D eigenvalue weighted by atomic mass is 10.0. The van der Waals surface area contributed by atoms with Gasteiger partial charge >= 0.3 is 25.7 Å². The highest BCUT2D eigenvalue weighted by Gasteiger charge is 2.28. The Balaban J connectivity index is 4.69. The van der Waals surface area contributed by atoms with Crippen molar-refractivity contribution >= 4 is 25.7 Å². The lowest BCUT2D eigenvalue weighted by Gasteiger charge is -2.21. The molecule has 0 aromatic rings. The Morgan fingerprint density at radius 1 is 0.412 bits per heavy atom. The van der Waals surface area contributed by atoms with E-state index in [-0.39, 0.29) is 25.9 Å². The fourth-order valence-electron chi connectivity index (χ4n) is 7.73. The summed E-state index contributed by atoms with van der Waals surface area (Å²) >= 11 is 0. The quantitative estimate of drug-likeness (QED) is 0.0197. The van der Waals surface area contributed by atoms with E-state index in [2.05, 4.69) is 57.2 Å². The van der Waals surface area contributed by atoms with Crippen LogP contribution in [0.4, 0.5) is 0 Å². The van der Waals surface area contributed by atoms with Gasteiger partial charge in [0.1, 0.15) is 12.7 Å². The summed E-state index contributed by atoms with van der Waals surface area (Å²) in [6.07, 6.45) is 51.1. The van der Waals surface area contributed by atoms with Gasteiger partial charge < -0.3 is 24.2 Å². The van der Waals surface area contributed by atoms with Crippen LogP contribution in [0.3, 0.4) is 0 Å². The third kappa shape index (κ3) is 48.7. The van der Waals surface area contributed by atoms with E-state index >= 15 is 0 Å². The molecule has 0 saturated heterocycles. The molecular formula is C56H103O11P. The van der Waals surface area contributed by atoms with Crippen LogP contribution in [0.2, 0.25) is 0 Å². The van der Waals surface area contributed by atoms with E-state index < -0.39 is 57.8 Å². The molecule has 0 spiro atoms. The van der Waals surface area contributed by atoms with Gasteiger partial charge in [-0.05, 0) is 64.2 Å². The van der Waals surface area contributed by atoms with Gasteiger partial charge in [-0.1, -0.05) is 218 Å². The number of allylic oxidation sites excluding steroid dienone is 6. The molecule has 0 aromatic heterocycles. The zero-order chi connectivity index (χ0) is 49.9. The molecule has 3 unspecified atom stereocenters. The number of hydrogen-bond acceptors (Lipinski definition) is 10. The second-order valence-corrected chi connectivity index (χ2v) is 20.2. The summed E-state index contributed by atoms with van der Waals surface area (Å²) in [6.45, 7) is 4.54. The van der Waals surface area contributed by atoms with Crippen LogP contribution in [-0.4, -0.2) is 66.5 Å². The van der Waals surface area contributed by atoms with Gasteiger partial charge in [-0.3, -0.25) is 23.4 Å². The average molecular weight is 983 g/mol. The molecule has 0 aromatic carbocycles. The van der Waals surface area contributed by atoms with Gasteiger partial charge in [0.25, 0.3) is 0 Å². The number of ether oxygens (including phenoxy) is 3. The maximum Gasteiger partial charge on any atom is 0.472 e. The van der Waals surface area contributed by atoms with Crippen LogP contribution in [0, 0.1) is 0 Å². The molecule has 2 N–H and O–H groups in total. The first-order valence-corrected chi connectivity index (χ1v) is 29.4. The van der Waals surface area contributed by atoms with Crippen LogP contribution in [0.1, 0.15) is 265 Å². The van der Waals surface area contributed by atoms with Crippen molar-refractivity contribution in [1.29, 1.82) is 0 Å². The highest BCUT2D eigenvalue weighted by atomic mass is 31.2. The molecule has 11 nitrogen and oxygen atoms in total. The van der Waals surface area contributed by atoms with Gasteiger partial charge in [0.15, 0.2) is 6.10 Å². The minimum Gasteiger partial charge on any atom is -0.462 e. The Morgan fingerprint density at radius 2 is 0.765 bits per heavy atom. The number of aliphatic hydroxyl groups excluding tert-OH is 1. The molecule has 68 heavy (non-hydrogen) atoms. The van der Waals surface area contributed by atoms with E-state index in [0.29, 0.717) is 19.3 Å². The van der Waals surface area contributed by atoms with E-state index in [1.54, 1.807) is 0 Å². The van der Waals surface area contributed by atoms with Crippen LogP contribution in [0.25, 0.3) is 0 Å². The maximum atomic E-state index is 12.9. The van der Waals surface area contributed by atoms with E-state index in [1.807, 2.05) is 0 Å². The Kier molecular flexibility index (Phi) is 49.3. The van der Waals surface area contributed by atoms with Gasteiger partial charge in [0, 0.05) is 19.3 Å². The number of rotatable bonds is 52. The monoisotopic (exact) mass is 983 g/mol. The highest BCUT2D eigenvalue weighted by molar-refractivity contribution is 7.47. The predicted molar refractivity (Wildman–Crippen MR) is 279 cm³/mol. The van der Waals surface area contributed by atoms with Crippen molar-refractivity contribution in [3.05, 3.63) is 36.5 Å². The van der Waals surface area contributed by atoms with E-state index in [9.17, 15) is 28.9 Å². The number of aliphatic hydroxyl groups is 1. The summed E-state index contributed by atoms with van der Waals surface area (Å²) in [7, 11) is -4.74. The van der Waals surface area contributed by atoms with Crippen LogP contribution in [-0.2, 0) is 42.2 Å². The first kappa shape index (κ1) is 65.7. The van der Waals surface area contributed by atoms with Crippen molar-refractivity contribution in [2.45, 2.75) is 277 Å². The number of phosphoric ester groups is 1. The van der Waals surface area contributed by atoms with Gasteiger partial charge in [-0.2, -0.15) is 0 Å². The number of carbonyl (C=O) groups excluding carboxylic acids is 3. The SMILES string of the molecule is CCC/C=C\C/C=C\CCCCCCCC(=O)OC(CO)COP(=O)(O)OCC(COC(=O)CCCCCCC/C=C\CCCC)OC(=O)CCCCCCCCCCCCCCCCCCC. The van der Waals surface area contributed by atoms with Crippen molar-refractivity contribution in [1.82, 2.24) is 0 Å². The summed E-state index contributed by atoms with van der Waals surface area (Å²) in [6, 6.07) is 0. The van der Waals surface area contributed by atoms with Gasteiger partial charge in [-0.25, -0.2) is 4.57 Å². The van der Waals surface area contributed by atoms with E-state index in [4.69, 9.17) is 23.3 Å². The van der Waals surface area contributed by atoms with Crippen molar-refractivity contribution in [3.8, 4) is 0 Å². The molecule has 0 aliphatic rings. The minimum atomic E-state index is -4.74. The third-order valence-electron chi connectivity index (χ3n) is 12.0. The fraction of sp³-hybridized carbons (Fsp3) is 0.839.